The van der Waals surface area contributed by atoms with E-state index in [-0.39, 0.29) is 0 Å². The first-order valence-electron chi connectivity index (χ1n) is 3.63. The monoisotopic (exact) mass is 155 g/mol. The van der Waals surface area contributed by atoms with Crippen molar-refractivity contribution in [3.8, 4) is 5.88 Å². The van der Waals surface area contributed by atoms with Gasteiger partial charge in [-0.15, -0.1) is 5.10 Å². The van der Waals surface area contributed by atoms with Crippen LogP contribution in [0.15, 0.2) is 6.20 Å². The Labute approximate surface area is 66.0 Å². The molecule has 1 heterocycles. The second kappa shape index (κ2) is 3.39. The van der Waals surface area contributed by atoms with E-state index in [0.717, 1.165) is 5.56 Å². The molecule has 0 aliphatic carbocycles. The summed E-state index contributed by atoms with van der Waals surface area (Å²) in [6.07, 6.45) is 1.87. The summed E-state index contributed by atoms with van der Waals surface area (Å²) in [5.41, 5.74) is 6.41. The molecule has 0 saturated carbocycles. The van der Waals surface area contributed by atoms with E-state index in [4.69, 9.17) is 10.5 Å². The van der Waals surface area contributed by atoms with Gasteiger partial charge in [0.15, 0.2) is 0 Å². The zero-order valence-corrected chi connectivity index (χ0v) is 6.87. The Morgan fingerprint density at radius 3 is 3.00 bits per heavy atom. The maximum atomic E-state index is 5.46. The molecule has 0 aliphatic rings. The van der Waals surface area contributed by atoms with Crippen LogP contribution in [0.2, 0.25) is 0 Å². The summed E-state index contributed by atoms with van der Waals surface area (Å²) in [6.45, 7) is 3.03. The number of rotatable bonds is 3. The highest BCUT2D eigenvalue weighted by Gasteiger charge is 2.04. The average Bonchev–Trinajstić information content (AvgIpc) is 2.32. The molecule has 0 aliphatic heterocycles. The molecule has 2 N–H and O–H groups in total. The van der Waals surface area contributed by atoms with Gasteiger partial charge in [-0.1, -0.05) is 0 Å². The van der Waals surface area contributed by atoms with Crippen LogP contribution in [0.4, 0.5) is 0 Å². The van der Waals surface area contributed by atoms with Crippen molar-refractivity contribution in [2.75, 3.05) is 6.61 Å². The Balaban J connectivity index is 2.83. The molecular formula is C7H13N3O. The topological polar surface area (TPSA) is 53.1 Å². The summed E-state index contributed by atoms with van der Waals surface area (Å²) in [7, 11) is 1.85. The van der Waals surface area contributed by atoms with Crippen LogP contribution in [-0.4, -0.2) is 16.4 Å². The van der Waals surface area contributed by atoms with E-state index in [1.165, 1.54) is 0 Å². The summed E-state index contributed by atoms with van der Waals surface area (Å²) < 4.78 is 6.94. The predicted molar refractivity (Wildman–Crippen MR) is 42.3 cm³/mol. The molecule has 0 radical (unpaired) electrons. The van der Waals surface area contributed by atoms with E-state index in [2.05, 4.69) is 5.10 Å². The number of aromatic nitrogens is 2. The lowest BCUT2D eigenvalue weighted by Crippen LogP contribution is -1.99. The zero-order chi connectivity index (χ0) is 8.27. The van der Waals surface area contributed by atoms with E-state index in [1.807, 2.05) is 20.2 Å². The third kappa shape index (κ3) is 1.71. The fourth-order valence-electron chi connectivity index (χ4n) is 0.915. The van der Waals surface area contributed by atoms with Gasteiger partial charge < -0.3 is 10.5 Å². The highest BCUT2D eigenvalue weighted by Crippen LogP contribution is 2.13. The number of nitrogens with zero attached hydrogens (tertiary/aromatic N) is 2. The third-order valence-electron chi connectivity index (χ3n) is 1.37. The van der Waals surface area contributed by atoms with Gasteiger partial charge in [0.2, 0.25) is 5.88 Å². The fourth-order valence-corrected chi connectivity index (χ4v) is 0.915. The molecule has 62 valence electrons. The van der Waals surface area contributed by atoms with Gasteiger partial charge in [0.25, 0.3) is 0 Å². The molecule has 1 aromatic heterocycles. The van der Waals surface area contributed by atoms with Gasteiger partial charge in [-0.3, -0.25) is 4.68 Å². The first-order chi connectivity index (χ1) is 5.27. The fraction of sp³-hybridized carbons (Fsp3) is 0.571. The second-order valence-corrected chi connectivity index (χ2v) is 2.27. The molecule has 0 bridgehead atoms. The SMILES string of the molecule is CCOc1nn(C)cc1CN. The Bertz CT molecular complexity index is 232. The highest BCUT2D eigenvalue weighted by molar-refractivity contribution is 5.22. The van der Waals surface area contributed by atoms with Crippen LogP contribution >= 0.6 is 0 Å². The van der Waals surface area contributed by atoms with Crippen LogP contribution in [-0.2, 0) is 13.6 Å². The first kappa shape index (κ1) is 8.07. The minimum Gasteiger partial charge on any atom is -0.477 e. The van der Waals surface area contributed by atoms with Gasteiger partial charge >= 0.3 is 0 Å². The van der Waals surface area contributed by atoms with Crippen molar-refractivity contribution in [1.82, 2.24) is 9.78 Å². The lowest BCUT2D eigenvalue weighted by atomic mass is 10.3. The summed E-state index contributed by atoms with van der Waals surface area (Å²) in [5, 5.41) is 4.09. The summed E-state index contributed by atoms with van der Waals surface area (Å²) in [6, 6.07) is 0. The van der Waals surface area contributed by atoms with Gasteiger partial charge in [0, 0.05) is 25.4 Å². The van der Waals surface area contributed by atoms with Crippen LogP contribution in [0.25, 0.3) is 0 Å². The van der Waals surface area contributed by atoms with Crippen LogP contribution in [0.5, 0.6) is 5.88 Å². The van der Waals surface area contributed by atoms with E-state index < -0.39 is 0 Å². The molecule has 4 heteroatoms. The van der Waals surface area contributed by atoms with Crippen molar-refractivity contribution < 1.29 is 4.74 Å². The number of nitrogens with two attached hydrogens (primary N) is 1. The normalized spacial score (nSPS) is 10.1. The molecular weight excluding hydrogens is 142 g/mol. The first-order valence-corrected chi connectivity index (χ1v) is 3.63. The molecule has 0 atom stereocenters. The standard InChI is InChI=1S/C7H13N3O/c1-3-11-7-6(4-8)5-10(2)9-7/h5H,3-4,8H2,1-2H3. The van der Waals surface area contributed by atoms with E-state index in [1.54, 1.807) is 4.68 Å². The van der Waals surface area contributed by atoms with E-state index in [0.29, 0.717) is 19.0 Å². The molecule has 11 heavy (non-hydrogen) atoms. The molecule has 1 aromatic rings. The maximum absolute atomic E-state index is 5.46. The second-order valence-electron chi connectivity index (χ2n) is 2.27. The summed E-state index contributed by atoms with van der Waals surface area (Å²) >= 11 is 0. The largest absolute Gasteiger partial charge is 0.477 e. The van der Waals surface area contributed by atoms with Crippen molar-refractivity contribution in [2.24, 2.45) is 12.8 Å². The smallest absolute Gasteiger partial charge is 0.237 e. The minimum absolute atomic E-state index is 0.475. The lowest BCUT2D eigenvalue weighted by Gasteiger charge is -1.98. The van der Waals surface area contributed by atoms with Gasteiger partial charge in [-0.05, 0) is 6.92 Å². The zero-order valence-electron chi connectivity index (χ0n) is 6.87. The van der Waals surface area contributed by atoms with E-state index >= 15 is 0 Å². The maximum Gasteiger partial charge on any atom is 0.237 e. The Morgan fingerprint density at radius 1 is 1.73 bits per heavy atom. The van der Waals surface area contributed by atoms with Crippen LogP contribution in [0.3, 0.4) is 0 Å². The average molecular weight is 155 g/mol. The molecule has 0 amide bonds. The van der Waals surface area contributed by atoms with Crippen molar-refractivity contribution in [3.05, 3.63) is 11.8 Å². The van der Waals surface area contributed by atoms with Gasteiger partial charge in [-0.25, -0.2) is 0 Å². The van der Waals surface area contributed by atoms with Gasteiger partial charge in [0.05, 0.1) is 6.61 Å². The third-order valence-corrected chi connectivity index (χ3v) is 1.37. The van der Waals surface area contributed by atoms with Gasteiger partial charge in [-0.2, -0.15) is 0 Å². The number of aryl methyl sites for hydroxylation is 1. The molecule has 0 aromatic carbocycles. The molecule has 4 nitrogen and oxygen atoms in total. The Morgan fingerprint density at radius 2 is 2.45 bits per heavy atom. The van der Waals surface area contributed by atoms with Crippen LogP contribution < -0.4 is 10.5 Å². The summed E-state index contributed by atoms with van der Waals surface area (Å²) in [4.78, 5) is 0. The minimum atomic E-state index is 0.475. The highest BCUT2D eigenvalue weighted by atomic mass is 16.5. The Hall–Kier alpha value is -1.03. The van der Waals surface area contributed by atoms with Crippen molar-refractivity contribution >= 4 is 0 Å². The lowest BCUT2D eigenvalue weighted by molar-refractivity contribution is 0.320. The van der Waals surface area contributed by atoms with Gasteiger partial charge in [0.1, 0.15) is 0 Å². The molecule has 0 unspecified atom stereocenters. The number of hydrogen-bond donors (Lipinski definition) is 1. The molecule has 0 spiro atoms. The number of hydrogen-bond acceptors (Lipinski definition) is 3. The Kier molecular flexibility index (Phi) is 2.48. The summed E-state index contributed by atoms with van der Waals surface area (Å²) in [5.74, 6) is 0.650. The van der Waals surface area contributed by atoms with Crippen molar-refractivity contribution in [1.29, 1.82) is 0 Å². The van der Waals surface area contributed by atoms with Crippen molar-refractivity contribution in [2.45, 2.75) is 13.5 Å². The van der Waals surface area contributed by atoms with E-state index in [9.17, 15) is 0 Å². The molecule has 1 rings (SSSR count). The molecule has 0 fully saturated rings. The predicted octanol–water partition coefficient (Wildman–Crippen LogP) is 0.278. The van der Waals surface area contributed by atoms with Crippen molar-refractivity contribution in [3.63, 3.8) is 0 Å². The molecule has 0 saturated heterocycles. The number of ether oxygens (including phenoxy) is 1. The quantitative estimate of drug-likeness (QED) is 0.682. The van der Waals surface area contributed by atoms with Crippen LogP contribution in [0, 0.1) is 0 Å². The van der Waals surface area contributed by atoms with Crippen LogP contribution in [0.1, 0.15) is 12.5 Å².